The van der Waals surface area contributed by atoms with Gasteiger partial charge < -0.3 is 15.7 Å². The second-order valence-electron chi connectivity index (χ2n) is 5.92. The predicted molar refractivity (Wildman–Crippen MR) is 82.2 cm³/mol. The Hall–Kier alpha value is -1.28. The molecule has 1 aliphatic rings. The molecule has 0 radical (unpaired) electrons. The van der Waals surface area contributed by atoms with Gasteiger partial charge in [-0.1, -0.05) is 19.3 Å². The molecule has 1 aromatic heterocycles. The lowest BCUT2D eigenvalue weighted by atomic mass is 10.1. The molecule has 0 aromatic carbocycles. The summed E-state index contributed by atoms with van der Waals surface area (Å²) in [6.07, 6.45) is 5.04. The summed E-state index contributed by atoms with van der Waals surface area (Å²) in [5, 5.41) is 14.7. The smallest absolute Gasteiger partial charge is 0.182 e. The van der Waals surface area contributed by atoms with E-state index in [0.29, 0.717) is 12.2 Å². The van der Waals surface area contributed by atoms with Gasteiger partial charge in [0.2, 0.25) is 0 Å². The number of nitrogen functional groups attached to an aromatic ring is 1. The van der Waals surface area contributed by atoms with Gasteiger partial charge in [0.25, 0.3) is 0 Å². The van der Waals surface area contributed by atoms with Crippen LogP contribution in [0.4, 0.5) is 11.6 Å². The minimum absolute atomic E-state index is 0.0453. The number of hydrogen-bond donors (Lipinski definition) is 2. The second-order valence-corrected chi connectivity index (χ2v) is 7.87. The first-order valence-electron chi connectivity index (χ1n) is 7.17. The van der Waals surface area contributed by atoms with Gasteiger partial charge >= 0.3 is 0 Å². The van der Waals surface area contributed by atoms with Crippen LogP contribution in [0, 0.1) is 0 Å². The lowest BCUT2D eigenvalue weighted by Gasteiger charge is -2.22. The molecule has 0 saturated heterocycles. The summed E-state index contributed by atoms with van der Waals surface area (Å²) in [5.74, 6) is 0.443. The molecule has 8 heteroatoms. The third-order valence-electron chi connectivity index (χ3n) is 3.94. The van der Waals surface area contributed by atoms with Crippen LogP contribution >= 0.6 is 0 Å². The van der Waals surface area contributed by atoms with E-state index < -0.39 is 15.9 Å². The Morgan fingerprint density at radius 2 is 1.90 bits per heavy atom. The average Bonchev–Trinajstić information content (AvgIpc) is 2.57. The van der Waals surface area contributed by atoms with Crippen molar-refractivity contribution in [3.05, 3.63) is 0 Å². The zero-order valence-electron chi connectivity index (χ0n) is 12.8. The maximum absolute atomic E-state index is 12.0. The molecule has 1 aliphatic carbocycles. The van der Waals surface area contributed by atoms with Crippen LogP contribution in [-0.2, 0) is 9.84 Å². The number of nitrogens with zero attached hydrogens (tertiary/aromatic N) is 3. The van der Waals surface area contributed by atoms with Crippen LogP contribution in [0.15, 0.2) is 4.90 Å². The quantitative estimate of drug-likeness (QED) is 0.800. The number of sulfone groups is 1. The van der Waals surface area contributed by atoms with E-state index in [1.165, 1.54) is 4.68 Å². The second kappa shape index (κ2) is 5.84. The van der Waals surface area contributed by atoms with Crippen LogP contribution in [0.5, 0.6) is 0 Å². The van der Waals surface area contributed by atoms with Crippen LogP contribution in [0.2, 0.25) is 0 Å². The molecule has 2 rings (SSSR count). The van der Waals surface area contributed by atoms with Crippen LogP contribution in [-0.4, -0.2) is 49.8 Å². The van der Waals surface area contributed by atoms with Crippen molar-refractivity contribution in [2.75, 3.05) is 31.0 Å². The molecule has 2 atom stereocenters. The maximum atomic E-state index is 12.0. The van der Waals surface area contributed by atoms with Gasteiger partial charge in [-0.05, 0) is 12.8 Å². The summed E-state index contributed by atoms with van der Waals surface area (Å²) >= 11 is 0. The fourth-order valence-corrected chi connectivity index (χ4v) is 3.90. The third-order valence-corrected chi connectivity index (χ3v) is 5.07. The molecule has 21 heavy (non-hydrogen) atoms. The van der Waals surface area contributed by atoms with Gasteiger partial charge in [0, 0.05) is 20.4 Å². The topological polar surface area (TPSA) is 101 Å². The molecule has 0 amide bonds. The van der Waals surface area contributed by atoms with E-state index >= 15 is 0 Å². The van der Waals surface area contributed by atoms with Gasteiger partial charge in [-0.15, -0.1) is 0 Å². The molecule has 1 aromatic rings. The lowest BCUT2D eigenvalue weighted by Crippen LogP contribution is -2.25. The Kier molecular flexibility index (Phi) is 4.48. The van der Waals surface area contributed by atoms with E-state index in [2.05, 4.69) is 5.10 Å². The average molecular weight is 316 g/mol. The Labute approximate surface area is 125 Å². The number of nitrogens with two attached hydrogens (primary N) is 1. The maximum Gasteiger partial charge on any atom is 0.182 e. The molecule has 0 aliphatic heterocycles. The molecule has 7 nitrogen and oxygen atoms in total. The van der Waals surface area contributed by atoms with Crippen molar-refractivity contribution in [1.29, 1.82) is 0 Å². The van der Waals surface area contributed by atoms with Gasteiger partial charge in [-0.3, -0.25) is 0 Å². The van der Waals surface area contributed by atoms with E-state index in [1.807, 2.05) is 0 Å². The monoisotopic (exact) mass is 316 g/mol. The predicted octanol–water partition coefficient (Wildman–Crippen LogP) is 0.801. The van der Waals surface area contributed by atoms with E-state index in [4.69, 9.17) is 5.73 Å². The van der Waals surface area contributed by atoms with Gasteiger partial charge in [0.05, 0.1) is 12.1 Å². The zero-order valence-corrected chi connectivity index (χ0v) is 13.6. The summed E-state index contributed by atoms with van der Waals surface area (Å²) in [5.41, 5.74) is 6.06. The third kappa shape index (κ3) is 3.16. The zero-order chi connectivity index (χ0) is 15.8. The first-order valence-corrected chi connectivity index (χ1v) is 9.06. The molecule has 2 unspecified atom stereocenters. The van der Waals surface area contributed by atoms with Crippen molar-refractivity contribution in [1.82, 2.24) is 9.78 Å². The standard InChI is InChI=1S/C13H24N4O3S/c1-16(2)13-11(21(3,19)20)12(14)17(15-13)9-7-5-4-6-8-10(9)18/h9-10,18H,4-8,14H2,1-3H3. The molecule has 120 valence electrons. The molecule has 3 N–H and O–H groups in total. The minimum atomic E-state index is -3.49. The fourth-order valence-electron chi connectivity index (χ4n) is 2.87. The Bertz CT molecular complexity index is 609. The Morgan fingerprint density at radius 3 is 2.43 bits per heavy atom. The number of hydrogen-bond acceptors (Lipinski definition) is 6. The highest BCUT2D eigenvalue weighted by atomic mass is 32.2. The van der Waals surface area contributed by atoms with Gasteiger partial charge in [-0.25, -0.2) is 13.1 Å². The summed E-state index contributed by atoms with van der Waals surface area (Å²) in [6.45, 7) is 0. The highest BCUT2D eigenvalue weighted by Gasteiger charge is 2.31. The Morgan fingerprint density at radius 1 is 1.29 bits per heavy atom. The summed E-state index contributed by atoms with van der Waals surface area (Å²) in [6, 6.07) is -0.262. The Balaban J connectivity index is 2.54. The lowest BCUT2D eigenvalue weighted by molar-refractivity contribution is 0.100. The van der Waals surface area contributed by atoms with Crippen molar-refractivity contribution in [3.63, 3.8) is 0 Å². The van der Waals surface area contributed by atoms with Gasteiger partial charge in [0.15, 0.2) is 20.6 Å². The highest BCUT2D eigenvalue weighted by Crippen LogP contribution is 2.35. The number of aliphatic hydroxyl groups excluding tert-OH is 1. The number of anilines is 2. The first-order chi connectivity index (χ1) is 9.73. The van der Waals surface area contributed by atoms with Crippen molar-refractivity contribution in [2.45, 2.75) is 49.1 Å². The van der Waals surface area contributed by atoms with Crippen LogP contribution in [0.1, 0.15) is 38.1 Å². The van der Waals surface area contributed by atoms with Crippen LogP contribution < -0.4 is 10.6 Å². The van der Waals surface area contributed by atoms with E-state index in [1.54, 1.807) is 19.0 Å². The van der Waals surface area contributed by atoms with Gasteiger partial charge in [-0.2, -0.15) is 5.10 Å². The SMILES string of the molecule is CN(C)c1nn(C2CCCCCC2O)c(N)c1S(C)(=O)=O. The van der Waals surface area contributed by atoms with E-state index in [0.717, 1.165) is 31.9 Å². The van der Waals surface area contributed by atoms with Crippen LogP contribution in [0.3, 0.4) is 0 Å². The molecule has 1 saturated carbocycles. The van der Waals surface area contributed by atoms with Crippen molar-refractivity contribution in [3.8, 4) is 0 Å². The molecular weight excluding hydrogens is 292 g/mol. The summed E-state index contributed by atoms with van der Waals surface area (Å²) in [7, 11) is -0.0322. The van der Waals surface area contributed by atoms with Crippen molar-refractivity contribution >= 4 is 21.5 Å². The number of aromatic nitrogens is 2. The summed E-state index contributed by atoms with van der Waals surface area (Å²) in [4.78, 5) is 1.68. The number of rotatable bonds is 3. The number of aliphatic hydroxyl groups is 1. The van der Waals surface area contributed by atoms with Crippen molar-refractivity contribution < 1.29 is 13.5 Å². The molecule has 1 heterocycles. The van der Waals surface area contributed by atoms with E-state index in [9.17, 15) is 13.5 Å². The minimum Gasteiger partial charge on any atom is -0.391 e. The molecular formula is C13H24N4O3S. The normalized spacial score (nSPS) is 23.8. The summed E-state index contributed by atoms with van der Waals surface area (Å²) < 4.78 is 25.5. The van der Waals surface area contributed by atoms with Crippen molar-refractivity contribution in [2.24, 2.45) is 0 Å². The fraction of sp³-hybridized carbons (Fsp3) is 0.769. The van der Waals surface area contributed by atoms with E-state index in [-0.39, 0.29) is 16.8 Å². The molecule has 1 fully saturated rings. The largest absolute Gasteiger partial charge is 0.391 e. The highest BCUT2D eigenvalue weighted by molar-refractivity contribution is 7.91. The molecule has 0 bridgehead atoms. The van der Waals surface area contributed by atoms with Crippen LogP contribution in [0.25, 0.3) is 0 Å². The first kappa shape index (κ1) is 16.1. The molecule has 0 spiro atoms. The van der Waals surface area contributed by atoms with Gasteiger partial charge in [0.1, 0.15) is 5.82 Å².